The molecule has 1 unspecified atom stereocenters. The summed E-state index contributed by atoms with van der Waals surface area (Å²) in [6.07, 6.45) is -5.55. The third-order valence-electron chi connectivity index (χ3n) is 12.6. The van der Waals surface area contributed by atoms with E-state index in [-0.39, 0.29) is 37.3 Å². The van der Waals surface area contributed by atoms with E-state index in [1.54, 1.807) is 34.6 Å². The fourth-order valence-electron chi connectivity index (χ4n) is 8.91. The summed E-state index contributed by atoms with van der Waals surface area (Å²) in [5, 5.41) is 62.2. The van der Waals surface area contributed by atoms with Gasteiger partial charge in [0.05, 0.1) is 35.9 Å². The van der Waals surface area contributed by atoms with E-state index in [0.717, 1.165) is 0 Å². The minimum atomic E-state index is -1.81. The second kappa shape index (κ2) is 18.9. The van der Waals surface area contributed by atoms with E-state index in [2.05, 4.69) is 5.32 Å². The largest absolute Gasteiger partial charge is 0.459 e. The van der Waals surface area contributed by atoms with Crippen LogP contribution < -0.4 is 5.32 Å². The number of esters is 1. The number of likely N-dealkylation sites (N-methyl/N-ethyl adjacent to an activating group) is 1. The highest BCUT2D eigenvalue weighted by Gasteiger charge is 2.58. The Morgan fingerprint density at radius 2 is 1.61 bits per heavy atom. The number of carbonyl (C=O) groups excluding carboxylic acids is 1. The SMILES string of the molecule is CCC1OC(=O)[C@H](C)[C@@H](O[C@H]2C[C@@](C)(OC)[C@@](O)(CSC)[C@H](C)O2)[C@H](C)[C@@H](O[C@@H]2O[C@H](C)C[C@H](N(C)C)[C@H]2O)[C@](C)(O)C[C@@H](C)CN[C@H](C)[C@@H](O)[C@]1(C)O. The molecule has 3 heterocycles. The van der Waals surface area contributed by atoms with Crippen molar-refractivity contribution in [3.8, 4) is 0 Å². The number of aliphatic hydroxyl groups excluding tert-OH is 2. The van der Waals surface area contributed by atoms with E-state index in [4.69, 9.17) is 28.4 Å². The van der Waals surface area contributed by atoms with Crippen molar-refractivity contribution in [2.24, 2.45) is 17.8 Å². The fourth-order valence-corrected chi connectivity index (χ4v) is 9.89. The molecular formula is C39H74N2O12S. The number of nitrogens with zero attached hydrogens (tertiary/aromatic N) is 1. The Bertz CT molecular complexity index is 1200. The molecule has 0 aromatic carbocycles. The maximum Gasteiger partial charge on any atom is 0.311 e. The summed E-state index contributed by atoms with van der Waals surface area (Å²) in [5.41, 5.74) is -5.82. The van der Waals surface area contributed by atoms with Gasteiger partial charge in [0.25, 0.3) is 0 Å². The molecule has 3 aliphatic heterocycles. The summed E-state index contributed by atoms with van der Waals surface area (Å²) >= 11 is 1.47. The topological polar surface area (TPSA) is 189 Å². The van der Waals surface area contributed by atoms with Crippen molar-refractivity contribution in [1.82, 2.24) is 10.2 Å². The summed E-state index contributed by atoms with van der Waals surface area (Å²) in [5.74, 6) is -2.29. The van der Waals surface area contributed by atoms with Crippen LogP contribution in [0.1, 0.15) is 94.9 Å². The predicted molar refractivity (Wildman–Crippen MR) is 207 cm³/mol. The van der Waals surface area contributed by atoms with Crippen molar-refractivity contribution in [1.29, 1.82) is 0 Å². The number of hydrogen-bond donors (Lipinski definition) is 6. The van der Waals surface area contributed by atoms with Crippen molar-refractivity contribution in [3.05, 3.63) is 0 Å². The van der Waals surface area contributed by atoms with Gasteiger partial charge in [-0.2, -0.15) is 11.8 Å². The normalized spacial score (nSPS) is 49.2. The molecule has 318 valence electrons. The maximum absolute atomic E-state index is 14.3. The molecule has 3 aliphatic rings. The molecule has 0 radical (unpaired) electrons. The number of methoxy groups -OCH3 is 1. The molecule has 14 nitrogen and oxygen atoms in total. The fraction of sp³-hybridized carbons (Fsp3) is 0.974. The standard InChI is InChI=1S/C39H74N2O12S/c1-15-28-38(10,46)32(43)25(6)40-19-21(2)17-36(8,45)33(53-35-30(42)27(41(11)12)16-22(3)49-35)23(4)31(24(5)34(44)51-28)52-29-18-37(9,48-13)39(47,20-54-14)26(7)50-29/h21-33,35,40,42-43,45-47H,15-20H2,1-14H3/t21-,22-,23+,24-,25-,26+,27+,28?,29+,30-,31+,32-,33-,35+,36-,37-,38-,39-/m1/s1. The van der Waals surface area contributed by atoms with Gasteiger partial charge in [-0.25, -0.2) is 0 Å². The van der Waals surface area contributed by atoms with Gasteiger partial charge in [0.15, 0.2) is 12.6 Å². The van der Waals surface area contributed by atoms with Crippen LogP contribution in [0.5, 0.6) is 0 Å². The predicted octanol–water partition coefficient (Wildman–Crippen LogP) is 2.29. The Balaban J connectivity index is 2.17. The second-order valence-corrected chi connectivity index (χ2v) is 18.3. The lowest BCUT2D eigenvalue weighted by Gasteiger charge is -2.53. The number of carbonyl (C=O) groups is 1. The van der Waals surface area contributed by atoms with Crippen LogP contribution in [0.15, 0.2) is 0 Å². The van der Waals surface area contributed by atoms with Gasteiger partial charge in [-0.05, 0) is 101 Å². The molecule has 15 heteroatoms. The number of rotatable bonds is 9. The minimum Gasteiger partial charge on any atom is -0.459 e. The molecule has 0 aliphatic carbocycles. The average molecular weight is 795 g/mol. The molecule has 0 saturated carbocycles. The highest BCUT2D eigenvalue weighted by molar-refractivity contribution is 7.98. The highest BCUT2D eigenvalue weighted by atomic mass is 32.2. The summed E-state index contributed by atoms with van der Waals surface area (Å²) in [4.78, 5) is 16.2. The monoisotopic (exact) mass is 794 g/mol. The lowest BCUT2D eigenvalue weighted by molar-refractivity contribution is -0.333. The van der Waals surface area contributed by atoms with E-state index in [0.29, 0.717) is 18.7 Å². The first kappa shape index (κ1) is 47.7. The van der Waals surface area contributed by atoms with Gasteiger partial charge in [-0.1, -0.05) is 20.8 Å². The zero-order chi connectivity index (χ0) is 41.1. The highest BCUT2D eigenvalue weighted by Crippen LogP contribution is 2.44. The number of aliphatic hydroxyl groups is 5. The maximum atomic E-state index is 14.3. The molecule has 54 heavy (non-hydrogen) atoms. The number of nitrogens with one attached hydrogen (secondary N) is 1. The summed E-state index contributed by atoms with van der Waals surface area (Å²) in [6.45, 7) is 18.0. The molecule has 6 N–H and O–H groups in total. The molecule has 3 fully saturated rings. The van der Waals surface area contributed by atoms with Gasteiger partial charge < -0.3 is 64.2 Å². The molecule has 0 aromatic heterocycles. The van der Waals surface area contributed by atoms with Gasteiger partial charge in [-0.15, -0.1) is 0 Å². The first-order valence-electron chi connectivity index (χ1n) is 19.7. The molecule has 18 atom stereocenters. The molecule has 0 amide bonds. The molecule has 3 saturated heterocycles. The van der Waals surface area contributed by atoms with Crippen molar-refractivity contribution in [2.75, 3.05) is 39.8 Å². The molecular weight excluding hydrogens is 720 g/mol. The van der Waals surface area contributed by atoms with Crippen molar-refractivity contribution in [2.45, 2.75) is 185 Å². The minimum absolute atomic E-state index is 0.114. The smallest absolute Gasteiger partial charge is 0.311 e. The quantitative estimate of drug-likeness (QED) is 0.187. The summed E-state index contributed by atoms with van der Waals surface area (Å²) in [7, 11) is 5.30. The van der Waals surface area contributed by atoms with Crippen molar-refractivity contribution < 1.29 is 58.7 Å². The Labute approximate surface area is 328 Å². The average Bonchev–Trinajstić information content (AvgIpc) is 3.09. The van der Waals surface area contributed by atoms with Crippen LogP contribution in [0.4, 0.5) is 0 Å². The number of cyclic esters (lactones) is 1. The summed E-state index contributed by atoms with van der Waals surface area (Å²) in [6, 6.07) is -0.869. The summed E-state index contributed by atoms with van der Waals surface area (Å²) < 4.78 is 38.1. The van der Waals surface area contributed by atoms with Gasteiger partial charge >= 0.3 is 5.97 Å². The Morgan fingerprint density at radius 1 is 0.981 bits per heavy atom. The lowest BCUT2D eigenvalue weighted by atomic mass is 9.76. The third-order valence-corrected chi connectivity index (χ3v) is 13.3. The second-order valence-electron chi connectivity index (χ2n) is 17.4. The lowest BCUT2D eigenvalue weighted by Crippen LogP contribution is -2.68. The molecule has 0 bridgehead atoms. The van der Waals surface area contributed by atoms with E-state index in [9.17, 15) is 30.3 Å². The van der Waals surface area contributed by atoms with Crippen LogP contribution in [-0.4, -0.2) is 166 Å². The zero-order valence-corrected chi connectivity index (χ0v) is 36.1. The molecule has 0 spiro atoms. The first-order chi connectivity index (χ1) is 24.9. The van der Waals surface area contributed by atoms with E-state index in [1.807, 2.05) is 52.9 Å². The number of thioether (sulfide) groups is 1. The van der Waals surface area contributed by atoms with Gasteiger partial charge in [0, 0.05) is 37.3 Å². The van der Waals surface area contributed by atoms with Crippen LogP contribution >= 0.6 is 11.8 Å². The number of hydrogen-bond acceptors (Lipinski definition) is 15. The van der Waals surface area contributed by atoms with E-state index < -0.39 is 95.5 Å². The zero-order valence-electron chi connectivity index (χ0n) is 35.3. The van der Waals surface area contributed by atoms with Crippen LogP contribution in [0, 0.1) is 17.8 Å². The van der Waals surface area contributed by atoms with Gasteiger partial charge in [-0.3, -0.25) is 4.79 Å². The van der Waals surface area contributed by atoms with E-state index >= 15 is 0 Å². The first-order valence-corrected chi connectivity index (χ1v) is 21.1. The van der Waals surface area contributed by atoms with Crippen molar-refractivity contribution >= 4 is 17.7 Å². The van der Waals surface area contributed by atoms with E-state index in [1.165, 1.54) is 25.8 Å². The third kappa shape index (κ3) is 10.3. The van der Waals surface area contributed by atoms with Crippen LogP contribution in [0.3, 0.4) is 0 Å². The molecule has 0 aromatic rings. The van der Waals surface area contributed by atoms with Gasteiger partial charge in [0.2, 0.25) is 0 Å². The Kier molecular flexibility index (Phi) is 16.7. The Hall–Kier alpha value is -0.660. The Morgan fingerprint density at radius 3 is 2.17 bits per heavy atom. The van der Waals surface area contributed by atoms with Gasteiger partial charge in [0.1, 0.15) is 35.1 Å². The van der Waals surface area contributed by atoms with Crippen molar-refractivity contribution in [3.63, 3.8) is 0 Å². The molecule has 3 rings (SSSR count). The van der Waals surface area contributed by atoms with Crippen LogP contribution in [-0.2, 0) is 33.2 Å². The van der Waals surface area contributed by atoms with Crippen LogP contribution in [0.25, 0.3) is 0 Å². The number of ether oxygens (including phenoxy) is 6. The van der Waals surface area contributed by atoms with Crippen LogP contribution in [0.2, 0.25) is 0 Å².